The van der Waals surface area contributed by atoms with Crippen LogP contribution in [0, 0.1) is 17.7 Å². The Kier molecular flexibility index (Phi) is 9.58. The maximum atomic E-state index is 13.5. The Morgan fingerprint density at radius 1 is 1.06 bits per heavy atom. The van der Waals surface area contributed by atoms with Crippen LogP contribution in [0.2, 0.25) is 0 Å². The van der Waals surface area contributed by atoms with Crippen molar-refractivity contribution in [2.75, 3.05) is 14.2 Å². The van der Waals surface area contributed by atoms with E-state index in [9.17, 15) is 28.4 Å². The molecule has 0 heterocycles. The van der Waals surface area contributed by atoms with Gasteiger partial charge in [0, 0.05) is 19.3 Å². The summed E-state index contributed by atoms with van der Waals surface area (Å²) in [7, 11) is 2.10. The Morgan fingerprint density at radius 3 is 2.10 bits per heavy atom. The highest BCUT2D eigenvalue weighted by Crippen LogP contribution is 2.20. The summed E-state index contributed by atoms with van der Waals surface area (Å²) < 4.78 is 22.6. The number of benzene rings is 1. The van der Waals surface area contributed by atoms with Gasteiger partial charge in [0.05, 0.1) is 14.2 Å². The number of rotatable bonds is 10. The minimum absolute atomic E-state index is 0.0829. The number of methoxy groups -OCH3 is 2. The second-order valence-corrected chi connectivity index (χ2v) is 6.86. The average Bonchev–Trinajstić information content (AvgIpc) is 2.70. The van der Waals surface area contributed by atoms with Crippen molar-refractivity contribution in [1.82, 2.24) is 10.6 Å². The number of carbonyl (C=O) groups is 5. The summed E-state index contributed by atoms with van der Waals surface area (Å²) in [6.45, 7) is 2.53. The van der Waals surface area contributed by atoms with Gasteiger partial charge in [0.1, 0.15) is 17.9 Å². The second kappa shape index (κ2) is 11.6. The molecule has 0 bridgehead atoms. The summed E-state index contributed by atoms with van der Waals surface area (Å²) in [6, 6.07) is 2.77. The summed E-state index contributed by atoms with van der Waals surface area (Å²) in [5.74, 6) is -7.52. The fourth-order valence-corrected chi connectivity index (χ4v) is 3.04. The van der Waals surface area contributed by atoms with Gasteiger partial charge in [0.15, 0.2) is 5.92 Å². The SMILES string of the molecule is COC(=O)C(C(=O)OC)[C@H](C)[C@@H](NC(=O)[C@@H](Cc1cccc(F)c1)NC(C)=O)C(N)=O. The zero-order valence-electron chi connectivity index (χ0n) is 17.6. The molecule has 1 aromatic rings. The van der Waals surface area contributed by atoms with Crippen LogP contribution in [0.3, 0.4) is 0 Å². The van der Waals surface area contributed by atoms with Gasteiger partial charge in [-0.3, -0.25) is 24.0 Å². The predicted octanol–water partition coefficient (Wildman–Crippen LogP) is -0.559. The smallest absolute Gasteiger partial charge is 0.320 e. The molecule has 0 fully saturated rings. The molecule has 11 heteroatoms. The van der Waals surface area contributed by atoms with Crippen molar-refractivity contribution in [2.24, 2.45) is 17.6 Å². The van der Waals surface area contributed by atoms with Crippen LogP contribution >= 0.6 is 0 Å². The molecular weight excluding hydrogens is 413 g/mol. The Morgan fingerprint density at radius 2 is 1.65 bits per heavy atom. The lowest BCUT2D eigenvalue weighted by Gasteiger charge is -2.28. The van der Waals surface area contributed by atoms with E-state index in [0.29, 0.717) is 5.56 Å². The van der Waals surface area contributed by atoms with Crippen molar-refractivity contribution < 1.29 is 37.8 Å². The van der Waals surface area contributed by atoms with Crippen molar-refractivity contribution in [3.8, 4) is 0 Å². The predicted molar refractivity (Wildman–Crippen MR) is 106 cm³/mol. The molecule has 0 aliphatic carbocycles. The molecular formula is C20H26FN3O7. The standard InChI is InChI=1S/C20H26FN3O7/c1-10(15(19(28)30-3)20(29)31-4)16(17(22)26)24-18(27)14(23-11(2)25)9-12-6-5-7-13(21)8-12/h5-8,10,14-16H,9H2,1-4H3,(H2,22,26)(H,23,25)(H,24,27)/t10-,14+,16+/m0/s1. The minimum atomic E-state index is -1.53. The molecule has 1 rings (SSSR count). The van der Waals surface area contributed by atoms with Crippen LogP contribution in [0.5, 0.6) is 0 Å². The molecule has 0 saturated heterocycles. The maximum absolute atomic E-state index is 13.5. The normalized spacial score (nSPS) is 13.5. The second-order valence-electron chi connectivity index (χ2n) is 6.86. The van der Waals surface area contributed by atoms with Gasteiger partial charge in [-0.15, -0.1) is 0 Å². The van der Waals surface area contributed by atoms with Gasteiger partial charge in [0.25, 0.3) is 0 Å². The van der Waals surface area contributed by atoms with Crippen molar-refractivity contribution in [3.63, 3.8) is 0 Å². The number of esters is 2. The number of hydrogen-bond donors (Lipinski definition) is 3. The van der Waals surface area contributed by atoms with Gasteiger partial charge in [0.2, 0.25) is 17.7 Å². The molecule has 3 amide bonds. The van der Waals surface area contributed by atoms with E-state index < -0.39 is 59.4 Å². The van der Waals surface area contributed by atoms with E-state index in [0.717, 1.165) is 14.2 Å². The summed E-state index contributed by atoms with van der Waals surface area (Å²) in [5, 5.41) is 4.78. The van der Waals surface area contributed by atoms with Crippen LogP contribution in [-0.2, 0) is 39.9 Å². The van der Waals surface area contributed by atoms with Gasteiger partial charge < -0.3 is 25.8 Å². The minimum Gasteiger partial charge on any atom is -0.468 e. The first-order valence-electron chi connectivity index (χ1n) is 9.28. The van der Waals surface area contributed by atoms with Crippen LogP contribution < -0.4 is 16.4 Å². The van der Waals surface area contributed by atoms with Crippen molar-refractivity contribution in [2.45, 2.75) is 32.4 Å². The molecule has 10 nitrogen and oxygen atoms in total. The van der Waals surface area contributed by atoms with Crippen LogP contribution in [0.25, 0.3) is 0 Å². The van der Waals surface area contributed by atoms with Crippen LogP contribution in [0.15, 0.2) is 24.3 Å². The third-order valence-electron chi connectivity index (χ3n) is 4.59. The highest BCUT2D eigenvalue weighted by atomic mass is 19.1. The molecule has 0 aromatic heterocycles. The zero-order valence-corrected chi connectivity index (χ0v) is 17.6. The summed E-state index contributed by atoms with van der Waals surface area (Å²) >= 11 is 0. The van der Waals surface area contributed by atoms with Gasteiger partial charge in [-0.05, 0) is 17.7 Å². The van der Waals surface area contributed by atoms with E-state index in [1.54, 1.807) is 6.07 Å². The summed E-state index contributed by atoms with van der Waals surface area (Å²) in [4.78, 5) is 60.5. The number of nitrogens with two attached hydrogens (primary N) is 1. The van der Waals surface area contributed by atoms with E-state index in [1.165, 1.54) is 32.0 Å². The number of nitrogens with one attached hydrogen (secondary N) is 2. The van der Waals surface area contributed by atoms with Gasteiger partial charge >= 0.3 is 11.9 Å². The fraction of sp³-hybridized carbons (Fsp3) is 0.450. The Labute approximate surface area is 178 Å². The number of amides is 3. The van der Waals surface area contributed by atoms with Crippen molar-refractivity contribution in [3.05, 3.63) is 35.6 Å². The highest BCUT2D eigenvalue weighted by molar-refractivity contribution is 5.97. The first-order chi connectivity index (χ1) is 14.5. The molecule has 4 N–H and O–H groups in total. The lowest BCUT2D eigenvalue weighted by molar-refractivity contribution is -0.162. The molecule has 0 unspecified atom stereocenters. The molecule has 31 heavy (non-hydrogen) atoms. The lowest BCUT2D eigenvalue weighted by Crippen LogP contribution is -2.57. The van der Waals surface area contributed by atoms with E-state index in [-0.39, 0.29) is 6.42 Å². The van der Waals surface area contributed by atoms with Crippen LogP contribution in [0.1, 0.15) is 19.4 Å². The van der Waals surface area contributed by atoms with Gasteiger partial charge in [-0.2, -0.15) is 0 Å². The fourth-order valence-electron chi connectivity index (χ4n) is 3.04. The number of halogens is 1. The molecule has 0 spiro atoms. The number of primary amides is 1. The lowest BCUT2D eigenvalue weighted by atomic mass is 9.86. The monoisotopic (exact) mass is 439 g/mol. The Balaban J connectivity index is 3.14. The highest BCUT2D eigenvalue weighted by Gasteiger charge is 2.41. The first-order valence-corrected chi connectivity index (χ1v) is 9.28. The van der Waals surface area contributed by atoms with Crippen LogP contribution in [0.4, 0.5) is 4.39 Å². The van der Waals surface area contributed by atoms with E-state index in [2.05, 4.69) is 20.1 Å². The Bertz CT molecular complexity index is 830. The van der Waals surface area contributed by atoms with Gasteiger partial charge in [-0.1, -0.05) is 19.1 Å². The van der Waals surface area contributed by atoms with Crippen molar-refractivity contribution in [1.29, 1.82) is 0 Å². The third kappa shape index (κ3) is 7.36. The van der Waals surface area contributed by atoms with E-state index in [1.807, 2.05) is 0 Å². The molecule has 0 aliphatic rings. The zero-order chi connectivity index (χ0) is 23.7. The Hall–Kier alpha value is -3.50. The van der Waals surface area contributed by atoms with Crippen molar-refractivity contribution >= 4 is 29.7 Å². The molecule has 170 valence electrons. The topological polar surface area (TPSA) is 154 Å². The number of carbonyl (C=O) groups excluding carboxylic acids is 5. The van der Waals surface area contributed by atoms with Crippen LogP contribution in [-0.4, -0.2) is 56.0 Å². The third-order valence-corrected chi connectivity index (χ3v) is 4.59. The largest absolute Gasteiger partial charge is 0.468 e. The number of ether oxygens (including phenoxy) is 2. The molecule has 1 aromatic carbocycles. The molecule has 0 aliphatic heterocycles. The molecule has 3 atom stereocenters. The van der Waals surface area contributed by atoms with Gasteiger partial charge in [-0.25, -0.2) is 4.39 Å². The van der Waals surface area contributed by atoms with E-state index >= 15 is 0 Å². The maximum Gasteiger partial charge on any atom is 0.320 e. The number of hydrogen-bond acceptors (Lipinski definition) is 7. The summed E-state index contributed by atoms with van der Waals surface area (Å²) in [5.41, 5.74) is 5.80. The summed E-state index contributed by atoms with van der Waals surface area (Å²) in [6.07, 6.45) is -0.0829. The molecule has 0 radical (unpaired) electrons. The first kappa shape index (κ1) is 25.5. The molecule has 0 saturated carbocycles. The van der Waals surface area contributed by atoms with E-state index in [4.69, 9.17) is 5.73 Å². The quantitative estimate of drug-likeness (QED) is 0.326. The average molecular weight is 439 g/mol.